The fraction of sp³-hybridized carbons (Fsp3) is 0.562. The zero-order valence-electron chi connectivity index (χ0n) is 11.7. The summed E-state index contributed by atoms with van der Waals surface area (Å²) in [5.74, 6) is 1.55. The summed E-state index contributed by atoms with van der Waals surface area (Å²) in [5.41, 5.74) is 2.54. The van der Waals surface area contributed by atoms with Crippen molar-refractivity contribution in [1.82, 2.24) is 4.90 Å². The number of carbonyl (C=O) groups is 1. The lowest BCUT2D eigenvalue weighted by Crippen LogP contribution is -2.40. The monoisotopic (exact) mass is 279 g/mol. The Morgan fingerprint density at radius 2 is 1.84 bits per heavy atom. The SMILES string of the molecule is CC(C)C(=O)N1CCC(c2ccc(CCl)cc2)CC1. The number of amides is 1. The molecule has 19 heavy (non-hydrogen) atoms. The number of likely N-dealkylation sites (tertiary alicyclic amines) is 1. The standard InChI is InChI=1S/C16H22ClNO/c1-12(2)16(19)18-9-7-15(8-10-18)14-5-3-13(11-17)4-6-14/h3-6,12,15H,7-11H2,1-2H3. The first-order valence-electron chi connectivity index (χ1n) is 7.05. The Kier molecular flexibility index (Phi) is 4.87. The Balaban J connectivity index is 1.94. The molecule has 1 aromatic carbocycles. The molecule has 0 atom stereocenters. The maximum absolute atomic E-state index is 11.9. The molecule has 1 fully saturated rings. The number of hydrogen-bond acceptors (Lipinski definition) is 1. The summed E-state index contributed by atoms with van der Waals surface area (Å²) in [4.78, 5) is 13.9. The van der Waals surface area contributed by atoms with Crippen molar-refractivity contribution in [3.05, 3.63) is 35.4 Å². The second-order valence-electron chi connectivity index (χ2n) is 5.63. The summed E-state index contributed by atoms with van der Waals surface area (Å²) in [6.07, 6.45) is 2.14. The number of alkyl halides is 1. The second kappa shape index (κ2) is 6.42. The summed E-state index contributed by atoms with van der Waals surface area (Å²) >= 11 is 5.80. The molecular weight excluding hydrogens is 258 g/mol. The van der Waals surface area contributed by atoms with Crippen molar-refractivity contribution in [3.8, 4) is 0 Å². The predicted octanol–water partition coefficient (Wildman–Crippen LogP) is 3.79. The molecule has 1 aliphatic rings. The first-order chi connectivity index (χ1) is 9.11. The summed E-state index contributed by atoms with van der Waals surface area (Å²) < 4.78 is 0. The first-order valence-corrected chi connectivity index (χ1v) is 7.59. The molecule has 1 saturated heterocycles. The number of rotatable bonds is 3. The van der Waals surface area contributed by atoms with E-state index in [4.69, 9.17) is 11.6 Å². The van der Waals surface area contributed by atoms with Crippen molar-refractivity contribution in [3.63, 3.8) is 0 Å². The molecule has 1 aliphatic heterocycles. The van der Waals surface area contributed by atoms with Gasteiger partial charge in [0.2, 0.25) is 5.91 Å². The van der Waals surface area contributed by atoms with Crippen molar-refractivity contribution >= 4 is 17.5 Å². The van der Waals surface area contributed by atoms with E-state index >= 15 is 0 Å². The van der Waals surface area contributed by atoms with Gasteiger partial charge in [0, 0.05) is 24.9 Å². The van der Waals surface area contributed by atoms with Crippen LogP contribution in [0.1, 0.15) is 43.7 Å². The minimum Gasteiger partial charge on any atom is -0.342 e. The minimum absolute atomic E-state index is 0.111. The topological polar surface area (TPSA) is 20.3 Å². The zero-order chi connectivity index (χ0) is 13.8. The van der Waals surface area contributed by atoms with Gasteiger partial charge in [0.15, 0.2) is 0 Å². The molecule has 0 radical (unpaired) electrons. The first kappa shape index (κ1) is 14.4. The highest BCUT2D eigenvalue weighted by atomic mass is 35.5. The lowest BCUT2D eigenvalue weighted by Gasteiger charge is -2.33. The number of halogens is 1. The number of carbonyl (C=O) groups excluding carboxylic acids is 1. The van der Waals surface area contributed by atoms with Crippen molar-refractivity contribution in [2.45, 2.75) is 38.5 Å². The Morgan fingerprint density at radius 3 is 2.32 bits per heavy atom. The van der Waals surface area contributed by atoms with Crippen molar-refractivity contribution in [2.75, 3.05) is 13.1 Å². The molecule has 2 nitrogen and oxygen atoms in total. The van der Waals surface area contributed by atoms with Crippen LogP contribution in [0.5, 0.6) is 0 Å². The Labute approximate surface area is 120 Å². The highest BCUT2D eigenvalue weighted by Gasteiger charge is 2.24. The van der Waals surface area contributed by atoms with E-state index in [0.29, 0.717) is 11.8 Å². The van der Waals surface area contributed by atoms with Crippen LogP contribution in [0, 0.1) is 5.92 Å². The quantitative estimate of drug-likeness (QED) is 0.771. The van der Waals surface area contributed by atoms with Crippen LogP contribution in [-0.2, 0) is 10.7 Å². The van der Waals surface area contributed by atoms with E-state index in [0.717, 1.165) is 31.5 Å². The molecule has 3 heteroatoms. The van der Waals surface area contributed by atoms with Gasteiger partial charge < -0.3 is 4.90 Å². The largest absolute Gasteiger partial charge is 0.342 e. The summed E-state index contributed by atoms with van der Waals surface area (Å²) in [6, 6.07) is 8.58. The molecule has 0 unspecified atom stereocenters. The fourth-order valence-corrected chi connectivity index (χ4v) is 2.86. The average molecular weight is 280 g/mol. The van der Waals surface area contributed by atoms with E-state index in [9.17, 15) is 4.79 Å². The molecule has 0 aromatic heterocycles. The molecule has 104 valence electrons. The lowest BCUT2D eigenvalue weighted by atomic mass is 9.88. The van der Waals surface area contributed by atoms with Crippen molar-refractivity contribution < 1.29 is 4.79 Å². The third-order valence-corrected chi connectivity index (χ3v) is 4.21. The number of benzene rings is 1. The second-order valence-corrected chi connectivity index (χ2v) is 5.90. The molecule has 1 heterocycles. The molecule has 0 spiro atoms. The van der Waals surface area contributed by atoms with E-state index in [-0.39, 0.29) is 11.8 Å². The third kappa shape index (κ3) is 3.50. The lowest BCUT2D eigenvalue weighted by molar-refractivity contribution is -0.135. The van der Waals surface area contributed by atoms with Crippen LogP contribution in [0.15, 0.2) is 24.3 Å². The van der Waals surface area contributed by atoms with Gasteiger partial charge in [0.05, 0.1) is 0 Å². The van der Waals surface area contributed by atoms with Gasteiger partial charge in [-0.25, -0.2) is 0 Å². The maximum atomic E-state index is 11.9. The summed E-state index contributed by atoms with van der Waals surface area (Å²) in [5, 5.41) is 0. The van der Waals surface area contributed by atoms with Gasteiger partial charge in [-0.1, -0.05) is 38.1 Å². The van der Waals surface area contributed by atoms with E-state index in [2.05, 4.69) is 24.3 Å². The highest BCUT2D eigenvalue weighted by Crippen LogP contribution is 2.28. The summed E-state index contributed by atoms with van der Waals surface area (Å²) in [7, 11) is 0. The normalized spacial score (nSPS) is 16.9. The highest BCUT2D eigenvalue weighted by molar-refractivity contribution is 6.17. The number of piperidine rings is 1. The minimum atomic E-state index is 0.111. The van der Waals surface area contributed by atoms with Crippen LogP contribution < -0.4 is 0 Å². The Hall–Kier alpha value is -1.02. The smallest absolute Gasteiger partial charge is 0.225 e. The van der Waals surface area contributed by atoms with Gasteiger partial charge in [-0.3, -0.25) is 4.79 Å². The molecule has 0 N–H and O–H groups in total. The van der Waals surface area contributed by atoms with E-state index in [1.165, 1.54) is 5.56 Å². The zero-order valence-corrected chi connectivity index (χ0v) is 12.5. The maximum Gasteiger partial charge on any atom is 0.225 e. The fourth-order valence-electron chi connectivity index (χ4n) is 2.68. The van der Waals surface area contributed by atoms with Crippen molar-refractivity contribution in [2.24, 2.45) is 5.92 Å². The number of nitrogens with zero attached hydrogens (tertiary/aromatic N) is 1. The number of hydrogen-bond donors (Lipinski definition) is 0. The van der Waals surface area contributed by atoms with Gasteiger partial charge in [-0.15, -0.1) is 11.6 Å². The van der Waals surface area contributed by atoms with E-state index < -0.39 is 0 Å². The van der Waals surface area contributed by atoms with Crippen LogP contribution in [0.4, 0.5) is 0 Å². The predicted molar refractivity (Wildman–Crippen MR) is 79.4 cm³/mol. The van der Waals surface area contributed by atoms with Crippen LogP contribution in [0.25, 0.3) is 0 Å². The van der Waals surface area contributed by atoms with Crippen LogP contribution in [0.3, 0.4) is 0 Å². The van der Waals surface area contributed by atoms with Gasteiger partial charge in [-0.2, -0.15) is 0 Å². The molecule has 1 amide bonds. The Morgan fingerprint density at radius 1 is 1.26 bits per heavy atom. The summed E-state index contributed by atoms with van der Waals surface area (Å²) in [6.45, 7) is 5.72. The average Bonchev–Trinajstić information content (AvgIpc) is 2.46. The van der Waals surface area contributed by atoms with Gasteiger partial charge in [0.1, 0.15) is 0 Å². The molecular formula is C16H22ClNO. The molecule has 0 saturated carbocycles. The molecule has 0 aliphatic carbocycles. The van der Waals surface area contributed by atoms with Gasteiger partial charge >= 0.3 is 0 Å². The van der Waals surface area contributed by atoms with Gasteiger partial charge in [0.25, 0.3) is 0 Å². The van der Waals surface area contributed by atoms with E-state index in [1.807, 2.05) is 18.7 Å². The van der Waals surface area contributed by atoms with E-state index in [1.54, 1.807) is 0 Å². The van der Waals surface area contributed by atoms with Crippen LogP contribution >= 0.6 is 11.6 Å². The van der Waals surface area contributed by atoms with Crippen LogP contribution in [-0.4, -0.2) is 23.9 Å². The third-order valence-electron chi connectivity index (χ3n) is 3.91. The molecule has 0 bridgehead atoms. The molecule has 1 aromatic rings. The van der Waals surface area contributed by atoms with Crippen molar-refractivity contribution in [1.29, 1.82) is 0 Å². The van der Waals surface area contributed by atoms with Crippen LogP contribution in [0.2, 0.25) is 0 Å². The Bertz CT molecular complexity index is 419. The van der Waals surface area contributed by atoms with Gasteiger partial charge in [-0.05, 0) is 29.9 Å². The molecule has 2 rings (SSSR count).